The predicted octanol–water partition coefficient (Wildman–Crippen LogP) is 13.0. The molecule has 0 amide bonds. The van der Waals surface area contributed by atoms with E-state index in [1.165, 1.54) is 74.0 Å². The van der Waals surface area contributed by atoms with Crippen LogP contribution in [0.4, 0.5) is 11.5 Å². The van der Waals surface area contributed by atoms with Gasteiger partial charge in [-0.3, -0.25) is 0 Å². The normalized spacial score (nSPS) is 17.1. The van der Waals surface area contributed by atoms with Gasteiger partial charge in [-0.05, 0) is 87.1 Å². The minimum Gasteiger partial charge on any atom is -0.456 e. The van der Waals surface area contributed by atoms with Crippen LogP contribution in [0.3, 0.4) is 0 Å². The maximum atomic E-state index is 6.41. The molecule has 13 rings (SSSR count). The van der Waals surface area contributed by atoms with Crippen molar-refractivity contribution in [3.63, 3.8) is 0 Å². The monoisotopic (exact) mass is 672 g/mol. The van der Waals surface area contributed by atoms with E-state index in [9.17, 15) is 0 Å². The summed E-state index contributed by atoms with van der Waals surface area (Å²) in [6.07, 6.45) is 4.82. The largest absolute Gasteiger partial charge is 0.456 e. The van der Waals surface area contributed by atoms with E-state index in [0.717, 1.165) is 38.8 Å². The highest BCUT2D eigenvalue weighted by Crippen LogP contribution is 2.60. The van der Waals surface area contributed by atoms with Gasteiger partial charge in [0, 0.05) is 53.0 Å². The lowest BCUT2D eigenvalue weighted by molar-refractivity contribution is 0.669. The predicted molar refractivity (Wildman–Crippen MR) is 211 cm³/mol. The average Bonchev–Trinajstić information content (AvgIpc) is 3.90. The van der Waals surface area contributed by atoms with Crippen LogP contribution in [0.15, 0.2) is 132 Å². The number of fused-ring (bicyclic) bond motifs is 7. The van der Waals surface area contributed by atoms with Crippen molar-refractivity contribution in [1.82, 2.24) is 4.98 Å². The van der Waals surface area contributed by atoms with E-state index in [-0.39, 0.29) is 12.0 Å². The van der Waals surface area contributed by atoms with Gasteiger partial charge < -0.3 is 9.32 Å². The van der Waals surface area contributed by atoms with Crippen molar-refractivity contribution >= 4 is 103 Å². The summed E-state index contributed by atoms with van der Waals surface area (Å²) in [5.41, 5.74) is 12.1. The maximum Gasteiger partial charge on any atom is 0.136 e. The number of hydrogen-bond donors (Lipinski definition) is 0. The molecule has 5 heteroatoms. The van der Waals surface area contributed by atoms with Gasteiger partial charge >= 0.3 is 0 Å². The fourth-order valence-corrected chi connectivity index (χ4v) is 11.7. The van der Waals surface area contributed by atoms with Crippen molar-refractivity contribution in [1.29, 1.82) is 0 Å². The lowest BCUT2D eigenvalue weighted by Gasteiger charge is -2.30. The molecule has 2 unspecified atom stereocenters. The summed E-state index contributed by atoms with van der Waals surface area (Å²) >= 11 is 3.76. The van der Waals surface area contributed by atoms with Crippen LogP contribution in [0.2, 0.25) is 0 Å². The third-order valence-corrected chi connectivity index (χ3v) is 13.7. The van der Waals surface area contributed by atoms with Gasteiger partial charge in [0.1, 0.15) is 17.0 Å². The lowest BCUT2D eigenvalue weighted by atomic mass is 9.82. The quantitative estimate of drug-likeness (QED) is 0.183. The second-order valence-electron chi connectivity index (χ2n) is 13.8. The van der Waals surface area contributed by atoms with Crippen molar-refractivity contribution in [2.45, 2.75) is 12.0 Å². The summed E-state index contributed by atoms with van der Waals surface area (Å²) in [6, 6.07) is 44.6. The zero-order valence-electron chi connectivity index (χ0n) is 26.5. The molecule has 0 bridgehead atoms. The third-order valence-electron chi connectivity index (χ3n) is 11.4. The highest BCUT2D eigenvalue weighted by molar-refractivity contribution is 7.26. The molecule has 3 aliphatic rings. The molecule has 2 aliphatic carbocycles. The molecule has 10 aromatic rings. The first-order chi connectivity index (χ1) is 24.8. The molecule has 232 valence electrons. The molecule has 50 heavy (non-hydrogen) atoms. The first-order valence-electron chi connectivity index (χ1n) is 17.1. The van der Waals surface area contributed by atoms with Crippen LogP contribution in [-0.4, -0.2) is 11.0 Å². The Labute approximate surface area is 293 Å². The molecule has 0 N–H and O–H groups in total. The number of thiophene rings is 2. The van der Waals surface area contributed by atoms with E-state index >= 15 is 0 Å². The van der Waals surface area contributed by atoms with Crippen LogP contribution < -0.4 is 4.90 Å². The van der Waals surface area contributed by atoms with E-state index < -0.39 is 0 Å². The van der Waals surface area contributed by atoms with Crippen molar-refractivity contribution in [3.8, 4) is 22.3 Å². The smallest absolute Gasteiger partial charge is 0.136 e. The Morgan fingerprint density at radius 1 is 0.620 bits per heavy atom. The van der Waals surface area contributed by atoms with Crippen LogP contribution in [0.25, 0.3) is 91.4 Å². The molecule has 2 atom stereocenters. The zero-order valence-corrected chi connectivity index (χ0v) is 28.1. The van der Waals surface area contributed by atoms with Gasteiger partial charge in [-0.15, -0.1) is 22.7 Å². The van der Waals surface area contributed by atoms with Crippen molar-refractivity contribution in [2.75, 3.05) is 4.90 Å². The standard InChI is InChI=1S/C45H24N2OS2/c1-3-12-33-25(8-1)26-17-15-24(21-34(26)48-33)30-22-38(46-44-29-9-2-4-13-35(29)50-45(30)44)47-31-18-16-23-7-5-10-27-28-11-6-14-36-40(28)43-37(49-36)20-19-32(47)42(43)41(31)39(23)27/h1-22,32,42H. The molecule has 5 heterocycles. The van der Waals surface area contributed by atoms with E-state index in [0.29, 0.717) is 0 Å². The van der Waals surface area contributed by atoms with E-state index in [2.05, 4.69) is 132 Å². The number of nitrogens with zero attached hydrogens (tertiary/aromatic N) is 2. The molecular weight excluding hydrogens is 649 g/mol. The molecule has 1 aliphatic heterocycles. The Balaban J connectivity index is 1.12. The Morgan fingerprint density at radius 3 is 2.40 bits per heavy atom. The lowest BCUT2D eigenvalue weighted by Crippen LogP contribution is -2.30. The number of benzene rings is 6. The van der Waals surface area contributed by atoms with Gasteiger partial charge in [0.2, 0.25) is 0 Å². The van der Waals surface area contributed by atoms with Crippen LogP contribution in [0.1, 0.15) is 21.9 Å². The summed E-state index contributed by atoms with van der Waals surface area (Å²) in [5.74, 6) is 1.21. The van der Waals surface area contributed by atoms with Crippen LogP contribution >= 0.6 is 22.7 Å². The van der Waals surface area contributed by atoms with Gasteiger partial charge in [-0.1, -0.05) is 84.9 Å². The topological polar surface area (TPSA) is 29.3 Å². The van der Waals surface area contributed by atoms with E-state index in [4.69, 9.17) is 9.40 Å². The highest BCUT2D eigenvalue weighted by Gasteiger charge is 2.46. The first-order valence-corrected chi connectivity index (χ1v) is 18.7. The van der Waals surface area contributed by atoms with Crippen molar-refractivity contribution in [2.24, 2.45) is 0 Å². The number of aromatic nitrogens is 1. The first kappa shape index (κ1) is 26.2. The minimum atomic E-state index is 0.112. The third kappa shape index (κ3) is 3.14. The molecule has 0 saturated carbocycles. The summed E-state index contributed by atoms with van der Waals surface area (Å²) in [5, 5.41) is 7.61. The molecular formula is C45H24N2OS2. The van der Waals surface area contributed by atoms with Gasteiger partial charge in [-0.2, -0.15) is 0 Å². The van der Waals surface area contributed by atoms with Gasteiger partial charge in [-0.25, -0.2) is 4.98 Å². The molecule has 0 fully saturated rings. The number of pyridine rings is 1. The molecule has 6 aromatic carbocycles. The molecule has 0 radical (unpaired) electrons. The van der Waals surface area contributed by atoms with E-state index in [1.807, 2.05) is 28.7 Å². The van der Waals surface area contributed by atoms with Crippen molar-refractivity contribution < 1.29 is 4.42 Å². The number of rotatable bonds is 2. The SMILES string of the molecule is C1=CC2C3c4c(ccc5cccc(c45)-c4cccc5sc1c3c45)N2c1cc(-c2ccc3c(c2)oc2ccccc23)c2sc3ccccc3c2n1. The summed E-state index contributed by atoms with van der Waals surface area (Å²) in [7, 11) is 0. The maximum absolute atomic E-state index is 6.41. The Hall–Kier alpha value is -5.75. The fourth-order valence-electron chi connectivity index (χ4n) is 9.35. The summed E-state index contributed by atoms with van der Waals surface area (Å²) in [4.78, 5) is 9.53. The average molecular weight is 673 g/mol. The summed E-state index contributed by atoms with van der Waals surface area (Å²) < 4.78 is 10.2. The van der Waals surface area contributed by atoms with Gasteiger partial charge in [0.25, 0.3) is 0 Å². The van der Waals surface area contributed by atoms with Gasteiger partial charge in [0.05, 0.1) is 16.3 Å². The Kier molecular flexibility index (Phi) is 4.75. The highest BCUT2D eigenvalue weighted by atomic mass is 32.1. The van der Waals surface area contributed by atoms with Crippen LogP contribution in [0, 0.1) is 0 Å². The molecule has 3 nitrogen and oxygen atoms in total. The second kappa shape index (κ2) is 9.07. The minimum absolute atomic E-state index is 0.112. The number of para-hydroxylation sites is 1. The molecule has 0 saturated heterocycles. The Morgan fingerprint density at radius 2 is 1.44 bits per heavy atom. The summed E-state index contributed by atoms with van der Waals surface area (Å²) in [6.45, 7) is 0. The number of anilines is 2. The number of hydrogen-bond acceptors (Lipinski definition) is 5. The van der Waals surface area contributed by atoms with Gasteiger partial charge in [0.15, 0.2) is 0 Å². The second-order valence-corrected chi connectivity index (χ2v) is 15.9. The van der Waals surface area contributed by atoms with E-state index in [1.54, 1.807) is 0 Å². The number of furan rings is 1. The molecule has 4 aromatic heterocycles. The van der Waals surface area contributed by atoms with Crippen LogP contribution in [0.5, 0.6) is 0 Å². The molecule has 0 spiro atoms. The Bertz CT molecular complexity index is 3200. The fraction of sp³-hybridized carbons (Fsp3) is 0.0444. The van der Waals surface area contributed by atoms with Crippen LogP contribution in [-0.2, 0) is 0 Å². The van der Waals surface area contributed by atoms with Crippen molar-refractivity contribution in [3.05, 3.63) is 143 Å². The zero-order chi connectivity index (χ0) is 32.2.